The topological polar surface area (TPSA) is 24.7 Å². The Balaban J connectivity index is 0. The molecule has 2 heteroatoms. The highest BCUT2D eigenvalue weighted by atomic mass is 15.1. The number of fused-ring (bicyclic) bond motifs is 1. The molecule has 0 aliphatic carbocycles. The first kappa shape index (κ1) is 25.8. The first-order valence-electron chi connectivity index (χ1n) is 9.87. The molecule has 2 nitrogen and oxygen atoms in total. The molecule has 3 aromatic carbocycles. The van der Waals surface area contributed by atoms with Gasteiger partial charge in [-0.2, -0.15) is 10.2 Å². The molecule has 142 valence electrons. The molecule has 0 atom stereocenters. The third-order valence-corrected chi connectivity index (χ3v) is 2.77. The molecular formula is C24H36N2. The maximum absolute atomic E-state index is 4.25. The van der Waals surface area contributed by atoms with E-state index >= 15 is 0 Å². The molecule has 0 radical (unpaired) electrons. The van der Waals surface area contributed by atoms with Crippen LogP contribution in [0.4, 0.5) is 11.4 Å². The van der Waals surface area contributed by atoms with Crippen molar-refractivity contribution < 1.29 is 0 Å². The lowest BCUT2D eigenvalue weighted by Gasteiger charge is -1.98. The van der Waals surface area contributed by atoms with Gasteiger partial charge in [-0.3, -0.25) is 0 Å². The zero-order valence-electron chi connectivity index (χ0n) is 17.8. The van der Waals surface area contributed by atoms with Gasteiger partial charge in [0.05, 0.1) is 11.4 Å². The first-order chi connectivity index (χ1) is 12.9. The number of benzene rings is 3. The van der Waals surface area contributed by atoms with Crippen LogP contribution in [-0.2, 0) is 0 Å². The monoisotopic (exact) mass is 352 g/mol. The van der Waals surface area contributed by atoms with Crippen LogP contribution in [0, 0.1) is 0 Å². The number of hydrogen-bond acceptors (Lipinski definition) is 2. The Morgan fingerprint density at radius 2 is 0.885 bits per heavy atom. The summed E-state index contributed by atoms with van der Waals surface area (Å²) in [5.41, 5.74) is 1.74. The second kappa shape index (κ2) is 18.9. The number of hydrogen-bond donors (Lipinski definition) is 0. The standard InChI is InChI=1S/C16H12N2.4C2H6/c1-2-8-15(9-3-1)17-18-16-11-10-13-6-4-5-7-14(13)12-16;4*1-2/h1-12H;4*1-2H3. The summed E-state index contributed by atoms with van der Waals surface area (Å²) >= 11 is 0. The van der Waals surface area contributed by atoms with E-state index in [0.717, 1.165) is 11.4 Å². The Kier molecular flexibility index (Phi) is 18.7. The summed E-state index contributed by atoms with van der Waals surface area (Å²) in [6.45, 7) is 16.0. The normalized spacial score (nSPS) is 8.62. The molecule has 0 heterocycles. The molecule has 0 spiro atoms. The summed E-state index contributed by atoms with van der Waals surface area (Å²) in [5.74, 6) is 0. The molecule has 0 N–H and O–H groups in total. The van der Waals surface area contributed by atoms with Crippen LogP contribution in [0.5, 0.6) is 0 Å². The van der Waals surface area contributed by atoms with Crippen molar-refractivity contribution in [1.82, 2.24) is 0 Å². The minimum Gasteiger partial charge on any atom is -0.151 e. The predicted octanol–water partition coefficient (Wildman–Crippen LogP) is 9.36. The molecule has 0 amide bonds. The van der Waals surface area contributed by atoms with Gasteiger partial charge in [-0.1, -0.05) is 104 Å². The fourth-order valence-electron chi connectivity index (χ4n) is 1.85. The lowest BCUT2D eigenvalue weighted by atomic mass is 10.1. The van der Waals surface area contributed by atoms with Crippen LogP contribution in [0.2, 0.25) is 0 Å². The predicted molar refractivity (Wildman–Crippen MR) is 120 cm³/mol. The Hall–Kier alpha value is -2.48. The lowest BCUT2D eigenvalue weighted by molar-refractivity contribution is 1.23. The summed E-state index contributed by atoms with van der Waals surface area (Å²) in [4.78, 5) is 0. The fourth-order valence-corrected chi connectivity index (χ4v) is 1.85. The minimum absolute atomic E-state index is 0.866. The van der Waals surface area contributed by atoms with Crippen molar-refractivity contribution in [2.24, 2.45) is 10.2 Å². The van der Waals surface area contributed by atoms with Crippen LogP contribution >= 0.6 is 0 Å². The average molecular weight is 353 g/mol. The molecule has 0 fully saturated rings. The van der Waals surface area contributed by atoms with Gasteiger partial charge in [0.1, 0.15) is 0 Å². The van der Waals surface area contributed by atoms with Gasteiger partial charge in [-0.05, 0) is 35.0 Å². The van der Waals surface area contributed by atoms with Gasteiger partial charge in [0.15, 0.2) is 0 Å². The van der Waals surface area contributed by atoms with E-state index in [1.807, 2.05) is 110 Å². The van der Waals surface area contributed by atoms with Gasteiger partial charge in [0.25, 0.3) is 0 Å². The summed E-state index contributed by atoms with van der Waals surface area (Å²) in [6, 6.07) is 24.1. The Bertz CT molecular complexity index is 689. The molecule has 26 heavy (non-hydrogen) atoms. The molecule has 0 unspecified atom stereocenters. The van der Waals surface area contributed by atoms with E-state index in [2.05, 4.69) is 28.4 Å². The second-order valence-corrected chi connectivity index (χ2v) is 4.07. The molecule has 3 rings (SSSR count). The van der Waals surface area contributed by atoms with Crippen LogP contribution in [-0.4, -0.2) is 0 Å². The average Bonchev–Trinajstić information content (AvgIpc) is 2.78. The van der Waals surface area contributed by atoms with Crippen molar-refractivity contribution >= 4 is 22.1 Å². The molecule has 0 aliphatic rings. The number of nitrogens with zero attached hydrogens (tertiary/aromatic N) is 2. The maximum Gasteiger partial charge on any atom is 0.0863 e. The van der Waals surface area contributed by atoms with Gasteiger partial charge >= 0.3 is 0 Å². The Labute approximate surface area is 161 Å². The van der Waals surface area contributed by atoms with Crippen molar-refractivity contribution in [1.29, 1.82) is 0 Å². The van der Waals surface area contributed by atoms with E-state index in [9.17, 15) is 0 Å². The summed E-state index contributed by atoms with van der Waals surface area (Å²) < 4.78 is 0. The zero-order valence-corrected chi connectivity index (χ0v) is 17.8. The van der Waals surface area contributed by atoms with Crippen molar-refractivity contribution in [2.45, 2.75) is 55.4 Å². The smallest absolute Gasteiger partial charge is 0.0863 e. The van der Waals surface area contributed by atoms with E-state index < -0.39 is 0 Å². The van der Waals surface area contributed by atoms with Crippen molar-refractivity contribution in [2.75, 3.05) is 0 Å². The van der Waals surface area contributed by atoms with Crippen molar-refractivity contribution in [3.05, 3.63) is 72.8 Å². The molecule has 0 saturated heterocycles. The van der Waals surface area contributed by atoms with Crippen LogP contribution < -0.4 is 0 Å². The lowest BCUT2D eigenvalue weighted by Crippen LogP contribution is -1.70. The van der Waals surface area contributed by atoms with Gasteiger partial charge in [0.2, 0.25) is 0 Å². The van der Waals surface area contributed by atoms with Crippen LogP contribution in [0.1, 0.15) is 55.4 Å². The Morgan fingerprint density at radius 1 is 0.423 bits per heavy atom. The molecule has 0 aromatic heterocycles. The largest absolute Gasteiger partial charge is 0.151 e. The van der Waals surface area contributed by atoms with E-state index in [0.29, 0.717) is 0 Å². The highest BCUT2D eigenvalue weighted by Gasteiger charge is 1.94. The first-order valence-corrected chi connectivity index (χ1v) is 9.87. The van der Waals surface area contributed by atoms with Gasteiger partial charge in [-0.25, -0.2) is 0 Å². The quantitative estimate of drug-likeness (QED) is 0.410. The molecule has 0 bridgehead atoms. The SMILES string of the molecule is CC.CC.CC.CC.c1ccc(N=Nc2ccc3ccccc3c2)cc1. The summed E-state index contributed by atoms with van der Waals surface area (Å²) in [6.07, 6.45) is 0. The fraction of sp³-hybridized carbons (Fsp3) is 0.333. The van der Waals surface area contributed by atoms with Crippen LogP contribution in [0.15, 0.2) is 83.0 Å². The highest BCUT2D eigenvalue weighted by Crippen LogP contribution is 2.23. The maximum atomic E-state index is 4.25. The molecule has 0 saturated carbocycles. The van der Waals surface area contributed by atoms with Crippen molar-refractivity contribution in [3.8, 4) is 0 Å². The Morgan fingerprint density at radius 3 is 1.46 bits per heavy atom. The zero-order chi connectivity index (χ0) is 20.2. The minimum atomic E-state index is 0.866. The summed E-state index contributed by atoms with van der Waals surface area (Å²) in [5, 5.41) is 10.9. The van der Waals surface area contributed by atoms with E-state index in [1.54, 1.807) is 0 Å². The van der Waals surface area contributed by atoms with Gasteiger partial charge in [-0.15, -0.1) is 0 Å². The van der Waals surface area contributed by atoms with E-state index in [1.165, 1.54) is 10.8 Å². The summed E-state index contributed by atoms with van der Waals surface area (Å²) in [7, 11) is 0. The number of azo groups is 1. The van der Waals surface area contributed by atoms with E-state index in [-0.39, 0.29) is 0 Å². The molecule has 3 aromatic rings. The number of rotatable bonds is 2. The van der Waals surface area contributed by atoms with Gasteiger partial charge < -0.3 is 0 Å². The molecule has 0 aliphatic heterocycles. The van der Waals surface area contributed by atoms with Crippen LogP contribution in [0.25, 0.3) is 10.8 Å². The molecular weight excluding hydrogens is 316 g/mol. The second-order valence-electron chi connectivity index (χ2n) is 4.07. The van der Waals surface area contributed by atoms with Crippen molar-refractivity contribution in [3.63, 3.8) is 0 Å². The third kappa shape index (κ3) is 9.73. The third-order valence-electron chi connectivity index (χ3n) is 2.77. The van der Waals surface area contributed by atoms with Gasteiger partial charge in [0, 0.05) is 0 Å². The van der Waals surface area contributed by atoms with Crippen LogP contribution in [0.3, 0.4) is 0 Å². The highest BCUT2D eigenvalue weighted by molar-refractivity contribution is 5.85. The van der Waals surface area contributed by atoms with E-state index in [4.69, 9.17) is 0 Å².